The topological polar surface area (TPSA) is 38.3 Å². The van der Waals surface area contributed by atoms with E-state index in [1.54, 1.807) is 6.92 Å². The SMILES string of the molecule is COC(=O)CC(C)NCCSC(F)(F)F. The average molecular weight is 245 g/mol. The highest BCUT2D eigenvalue weighted by atomic mass is 32.2. The third-order valence-electron chi connectivity index (χ3n) is 1.56. The summed E-state index contributed by atoms with van der Waals surface area (Å²) >= 11 is -0.0785. The third kappa shape index (κ3) is 9.86. The van der Waals surface area contributed by atoms with Crippen molar-refractivity contribution in [3.05, 3.63) is 0 Å². The van der Waals surface area contributed by atoms with Gasteiger partial charge in [-0.2, -0.15) is 13.2 Å². The largest absolute Gasteiger partial charge is 0.469 e. The first-order valence-corrected chi connectivity index (χ1v) is 5.34. The Morgan fingerprint density at radius 3 is 2.60 bits per heavy atom. The molecule has 0 aromatic heterocycles. The summed E-state index contributed by atoms with van der Waals surface area (Å²) in [5, 5.41) is 2.80. The number of esters is 1. The van der Waals surface area contributed by atoms with Crippen LogP contribution in [0.5, 0.6) is 0 Å². The van der Waals surface area contributed by atoms with Crippen molar-refractivity contribution in [3.63, 3.8) is 0 Å². The van der Waals surface area contributed by atoms with Crippen LogP contribution >= 0.6 is 11.8 Å². The highest BCUT2D eigenvalue weighted by molar-refractivity contribution is 8.00. The summed E-state index contributed by atoms with van der Waals surface area (Å²) in [6.07, 6.45) is 0.160. The maximum atomic E-state index is 11.7. The van der Waals surface area contributed by atoms with Gasteiger partial charge in [-0.25, -0.2) is 0 Å². The smallest absolute Gasteiger partial charge is 0.441 e. The summed E-state index contributed by atoms with van der Waals surface area (Å²) in [7, 11) is 1.27. The van der Waals surface area contributed by atoms with E-state index in [0.717, 1.165) is 0 Å². The van der Waals surface area contributed by atoms with Crippen LogP contribution in [0.1, 0.15) is 13.3 Å². The van der Waals surface area contributed by atoms with E-state index in [4.69, 9.17) is 0 Å². The fraction of sp³-hybridized carbons (Fsp3) is 0.875. The molecule has 0 aliphatic heterocycles. The molecule has 0 amide bonds. The van der Waals surface area contributed by atoms with Crippen LogP contribution in [0.3, 0.4) is 0 Å². The van der Waals surface area contributed by atoms with Gasteiger partial charge >= 0.3 is 11.5 Å². The number of carbonyl (C=O) groups is 1. The number of alkyl halides is 3. The maximum absolute atomic E-state index is 11.7. The fourth-order valence-corrected chi connectivity index (χ4v) is 1.33. The van der Waals surface area contributed by atoms with Crippen molar-refractivity contribution in [3.8, 4) is 0 Å². The quantitative estimate of drug-likeness (QED) is 0.572. The Morgan fingerprint density at radius 1 is 1.53 bits per heavy atom. The molecule has 0 rings (SSSR count). The van der Waals surface area contributed by atoms with Gasteiger partial charge in [-0.05, 0) is 18.7 Å². The van der Waals surface area contributed by atoms with Crippen LogP contribution in [0.2, 0.25) is 0 Å². The van der Waals surface area contributed by atoms with Gasteiger partial charge in [-0.1, -0.05) is 0 Å². The molecule has 7 heteroatoms. The van der Waals surface area contributed by atoms with Crippen molar-refractivity contribution in [2.24, 2.45) is 0 Å². The lowest BCUT2D eigenvalue weighted by Gasteiger charge is -2.12. The number of methoxy groups -OCH3 is 1. The Bertz CT molecular complexity index is 199. The number of thioether (sulfide) groups is 1. The average Bonchev–Trinajstić information content (AvgIpc) is 2.11. The Morgan fingerprint density at radius 2 is 2.13 bits per heavy atom. The van der Waals surface area contributed by atoms with Gasteiger partial charge in [-0.3, -0.25) is 4.79 Å². The van der Waals surface area contributed by atoms with Crippen molar-refractivity contribution in [2.45, 2.75) is 24.9 Å². The van der Waals surface area contributed by atoms with Crippen LogP contribution in [-0.4, -0.2) is 36.9 Å². The molecular weight excluding hydrogens is 231 g/mol. The first-order valence-electron chi connectivity index (χ1n) is 4.36. The molecule has 3 nitrogen and oxygen atoms in total. The number of hydrogen-bond donors (Lipinski definition) is 1. The molecule has 1 unspecified atom stereocenters. The molecule has 0 heterocycles. The number of ether oxygens (including phenoxy) is 1. The first kappa shape index (κ1) is 14.6. The van der Waals surface area contributed by atoms with Gasteiger partial charge in [0.05, 0.1) is 13.5 Å². The summed E-state index contributed by atoms with van der Waals surface area (Å²) in [5.74, 6) is -0.437. The van der Waals surface area contributed by atoms with Gasteiger partial charge in [0.2, 0.25) is 0 Å². The zero-order valence-corrected chi connectivity index (χ0v) is 9.37. The van der Waals surface area contributed by atoms with E-state index in [0.29, 0.717) is 0 Å². The second kappa shape index (κ2) is 6.95. The number of halogens is 3. The first-order chi connectivity index (χ1) is 6.85. The molecule has 0 radical (unpaired) electrons. The lowest BCUT2D eigenvalue weighted by Crippen LogP contribution is -2.31. The standard InChI is InChI=1S/C8H14F3NO2S/c1-6(5-7(13)14-2)12-3-4-15-8(9,10)11/h6,12H,3-5H2,1-2H3. The van der Waals surface area contributed by atoms with Crippen LogP contribution in [0.15, 0.2) is 0 Å². The maximum Gasteiger partial charge on any atom is 0.441 e. The summed E-state index contributed by atoms with van der Waals surface area (Å²) < 4.78 is 39.5. The van der Waals surface area contributed by atoms with Crippen molar-refractivity contribution >= 4 is 17.7 Å². The highest BCUT2D eigenvalue weighted by Gasteiger charge is 2.27. The molecule has 0 aromatic rings. The highest BCUT2D eigenvalue weighted by Crippen LogP contribution is 2.29. The second-order valence-corrected chi connectivity index (χ2v) is 4.09. The van der Waals surface area contributed by atoms with E-state index >= 15 is 0 Å². The van der Waals surface area contributed by atoms with E-state index in [2.05, 4.69) is 10.1 Å². The van der Waals surface area contributed by atoms with E-state index in [9.17, 15) is 18.0 Å². The van der Waals surface area contributed by atoms with Gasteiger partial charge in [0.25, 0.3) is 0 Å². The Labute approximate surface area is 90.7 Å². The van der Waals surface area contributed by atoms with Crippen LogP contribution < -0.4 is 5.32 Å². The minimum absolute atomic E-state index is 0.0605. The van der Waals surface area contributed by atoms with Crippen molar-refractivity contribution in [1.29, 1.82) is 0 Å². The molecule has 0 aliphatic carbocycles. The van der Waals surface area contributed by atoms with Gasteiger partial charge < -0.3 is 10.1 Å². The number of hydrogen-bond acceptors (Lipinski definition) is 4. The predicted octanol–water partition coefficient (Wildman–Crippen LogP) is 1.78. The van der Waals surface area contributed by atoms with Crippen LogP contribution in [0.25, 0.3) is 0 Å². The molecule has 90 valence electrons. The molecule has 0 saturated carbocycles. The predicted molar refractivity (Wildman–Crippen MR) is 52.6 cm³/mol. The minimum Gasteiger partial charge on any atom is -0.469 e. The van der Waals surface area contributed by atoms with Crippen LogP contribution in [0, 0.1) is 0 Å². The molecule has 0 bridgehead atoms. The zero-order chi connectivity index (χ0) is 11.9. The Balaban J connectivity index is 3.47. The summed E-state index contributed by atoms with van der Waals surface area (Å²) in [4.78, 5) is 10.8. The molecule has 0 fully saturated rings. The van der Waals surface area contributed by atoms with E-state index in [-0.39, 0.29) is 42.5 Å². The Kier molecular flexibility index (Phi) is 6.75. The van der Waals surface area contributed by atoms with E-state index in [1.165, 1.54) is 7.11 Å². The monoisotopic (exact) mass is 245 g/mol. The summed E-state index contributed by atoms with van der Waals surface area (Å²) in [6, 6.07) is -0.175. The van der Waals surface area contributed by atoms with Gasteiger partial charge in [-0.15, -0.1) is 0 Å². The van der Waals surface area contributed by atoms with Crippen molar-refractivity contribution < 1.29 is 22.7 Å². The van der Waals surface area contributed by atoms with Crippen molar-refractivity contribution in [1.82, 2.24) is 5.32 Å². The molecule has 0 spiro atoms. The number of rotatable bonds is 6. The van der Waals surface area contributed by atoms with Gasteiger partial charge in [0.1, 0.15) is 0 Å². The molecule has 15 heavy (non-hydrogen) atoms. The Hall–Kier alpha value is -0.430. The van der Waals surface area contributed by atoms with Crippen LogP contribution in [0.4, 0.5) is 13.2 Å². The normalized spacial score (nSPS) is 13.7. The third-order valence-corrected chi connectivity index (χ3v) is 2.30. The van der Waals surface area contributed by atoms with Gasteiger partial charge in [0.15, 0.2) is 0 Å². The fourth-order valence-electron chi connectivity index (χ4n) is 0.878. The van der Waals surface area contributed by atoms with E-state index in [1.807, 2.05) is 0 Å². The molecule has 0 saturated heterocycles. The summed E-state index contributed by atoms with van der Waals surface area (Å²) in [5.41, 5.74) is -4.19. The molecule has 1 N–H and O–H groups in total. The lowest BCUT2D eigenvalue weighted by molar-refractivity contribution is -0.141. The number of carbonyl (C=O) groups excluding carboxylic acids is 1. The van der Waals surface area contributed by atoms with Gasteiger partial charge in [0, 0.05) is 18.3 Å². The molecule has 1 atom stereocenters. The lowest BCUT2D eigenvalue weighted by atomic mass is 10.2. The summed E-state index contributed by atoms with van der Waals surface area (Å²) in [6.45, 7) is 1.93. The van der Waals surface area contributed by atoms with Crippen LogP contribution in [-0.2, 0) is 9.53 Å². The minimum atomic E-state index is -4.19. The molecular formula is C8H14F3NO2S. The molecule has 0 aromatic carbocycles. The molecule has 0 aliphatic rings. The van der Waals surface area contributed by atoms with Crippen molar-refractivity contribution in [2.75, 3.05) is 19.4 Å². The second-order valence-electron chi connectivity index (χ2n) is 2.93. The zero-order valence-electron chi connectivity index (χ0n) is 8.56. The number of nitrogens with one attached hydrogen (secondary N) is 1. The van der Waals surface area contributed by atoms with E-state index < -0.39 is 5.51 Å².